The number of nitrogens with one attached hydrogen (secondary N) is 1. The molecule has 0 saturated carbocycles. The Morgan fingerprint density at radius 1 is 1.08 bits per heavy atom. The maximum atomic E-state index is 12.3. The summed E-state index contributed by atoms with van der Waals surface area (Å²) in [6.45, 7) is 5.52. The number of imidazole rings is 1. The number of unbranched alkanes of at least 4 members (excludes halogenated alkanes) is 2. The number of hydrogen-bond acceptors (Lipinski definition) is 4. The third-order valence-corrected chi connectivity index (χ3v) is 4.28. The lowest BCUT2D eigenvalue weighted by Crippen LogP contribution is -2.24. The van der Waals surface area contributed by atoms with Crippen molar-refractivity contribution in [3.8, 4) is 0 Å². The molecule has 3 rings (SSSR count). The summed E-state index contributed by atoms with van der Waals surface area (Å²) in [5, 5.41) is 2.98. The molecule has 0 fully saturated rings. The smallest absolute Gasteiger partial charge is 0.251 e. The molecule has 0 aliphatic rings. The van der Waals surface area contributed by atoms with Crippen molar-refractivity contribution < 1.29 is 4.79 Å². The Morgan fingerprint density at radius 3 is 2.64 bits per heavy atom. The minimum absolute atomic E-state index is 0.0588. The van der Waals surface area contributed by atoms with E-state index in [-0.39, 0.29) is 5.91 Å². The second-order valence-electron chi connectivity index (χ2n) is 6.21. The third kappa shape index (κ3) is 4.41. The van der Waals surface area contributed by atoms with Gasteiger partial charge in [0.2, 0.25) is 0 Å². The molecule has 0 saturated heterocycles. The summed E-state index contributed by atoms with van der Waals surface area (Å²) < 4.78 is 2.07. The first-order valence-electron chi connectivity index (χ1n) is 8.62. The fourth-order valence-electron chi connectivity index (χ4n) is 2.69. The monoisotopic (exact) mass is 337 g/mol. The molecule has 0 spiro atoms. The number of aromatic nitrogens is 4. The third-order valence-electron chi connectivity index (χ3n) is 4.28. The average Bonchev–Trinajstić information content (AvgIpc) is 3.12. The topological polar surface area (TPSA) is 72.7 Å². The van der Waals surface area contributed by atoms with Crippen LogP contribution in [-0.4, -0.2) is 32.0 Å². The number of carbonyl (C=O) groups excluding carboxylic acids is 1. The molecular formula is C19H23N5O. The molecule has 1 amide bonds. The van der Waals surface area contributed by atoms with Crippen LogP contribution in [0.2, 0.25) is 0 Å². The second-order valence-corrected chi connectivity index (χ2v) is 6.21. The first kappa shape index (κ1) is 17.1. The summed E-state index contributed by atoms with van der Waals surface area (Å²) in [5.41, 5.74) is 4.02. The minimum Gasteiger partial charge on any atom is -0.352 e. The summed E-state index contributed by atoms with van der Waals surface area (Å²) in [6, 6.07) is 5.47. The average molecular weight is 337 g/mol. The molecule has 0 aliphatic carbocycles. The summed E-state index contributed by atoms with van der Waals surface area (Å²) in [7, 11) is 0. The Hall–Kier alpha value is -2.76. The van der Waals surface area contributed by atoms with E-state index in [1.807, 2.05) is 38.5 Å². The summed E-state index contributed by atoms with van der Waals surface area (Å²) >= 11 is 0. The molecule has 0 unspecified atom stereocenters. The largest absolute Gasteiger partial charge is 0.352 e. The molecule has 2 aromatic heterocycles. The van der Waals surface area contributed by atoms with Crippen LogP contribution in [-0.2, 0) is 6.54 Å². The van der Waals surface area contributed by atoms with Crippen molar-refractivity contribution in [3.05, 3.63) is 53.9 Å². The van der Waals surface area contributed by atoms with Crippen molar-refractivity contribution in [3.63, 3.8) is 0 Å². The van der Waals surface area contributed by atoms with Crippen molar-refractivity contribution >= 4 is 16.9 Å². The van der Waals surface area contributed by atoms with E-state index in [1.165, 1.54) is 0 Å². The van der Waals surface area contributed by atoms with E-state index < -0.39 is 0 Å². The van der Waals surface area contributed by atoms with Crippen molar-refractivity contribution in [2.75, 3.05) is 6.54 Å². The van der Waals surface area contributed by atoms with Crippen molar-refractivity contribution in [2.24, 2.45) is 0 Å². The Balaban J connectivity index is 1.47. The second kappa shape index (κ2) is 7.88. The van der Waals surface area contributed by atoms with Gasteiger partial charge in [-0.25, -0.2) is 15.0 Å². The Bertz CT molecular complexity index is 858. The Morgan fingerprint density at radius 2 is 1.88 bits per heavy atom. The molecule has 130 valence electrons. The molecular weight excluding hydrogens is 314 g/mol. The van der Waals surface area contributed by atoms with Gasteiger partial charge in [0.25, 0.3) is 5.91 Å². The maximum Gasteiger partial charge on any atom is 0.251 e. The van der Waals surface area contributed by atoms with Crippen LogP contribution in [0.3, 0.4) is 0 Å². The molecule has 25 heavy (non-hydrogen) atoms. The molecule has 2 heterocycles. The molecule has 0 radical (unpaired) electrons. The fraction of sp³-hybridized carbons (Fsp3) is 0.368. The number of aryl methyl sites for hydroxylation is 3. The van der Waals surface area contributed by atoms with Gasteiger partial charge in [-0.05, 0) is 51.3 Å². The van der Waals surface area contributed by atoms with Gasteiger partial charge in [0, 0.05) is 31.0 Å². The standard InChI is InChI=1S/C19H23N5O/c1-14-15(2)23-18-12-16(6-7-17(18)22-14)19(25)21-8-4-3-5-10-24-11-9-20-13-24/h6-7,9,11-13H,3-5,8,10H2,1-2H3,(H,21,25). The van der Waals surface area contributed by atoms with Gasteiger partial charge in [-0.2, -0.15) is 0 Å². The van der Waals surface area contributed by atoms with Crippen molar-refractivity contribution in [1.29, 1.82) is 0 Å². The highest BCUT2D eigenvalue weighted by Crippen LogP contribution is 2.14. The predicted octanol–water partition coefficient (Wildman–Crippen LogP) is 3.04. The van der Waals surface area contributed by atoms with Crippen molar-refractivity contribution in [1.82, 2.24) is 24.8 Å². The zero-order valence-electron chi connectivity index (χ0n) is 14.7. The first-order valence-corrected chi connectivity index (χ1v) is 8.62. The van der Waals surface area contributed by atoms with Crippen LogP contribution in [0.25, 0.3) is 11.0 Å². The highest BCUT2D eigenvalue weighted by Gasteiger charge is 2.08. The Kier molecular flexibility index (Phi) is 5.38. The minimum atomic E-state index is -0.0588. The van der Waals surface area contributed by atoms with Crippen LogP contribution < -0.4 is 5.32 Å². The van der Waals surface area contributed by atoms with Crippen molar-refractivity contribution in [2.45, 2.75) is 39.7 Å². The Labute approximate surface area is 147 Å². The molecule has 1 N–H and O–H groups in total. The van der Waals surface area contributed by atoms with Crippen LogP contribution in [0.1, 0.15) is 41.0 Å². The number of fused-ring (bicyclic) bond motifs is 1. The number of carbonyl (C=O) groups is 1. The lowest BCUT2D eigenvalue weighted by Gasteiger charge is -2.07. The van der Waals surface area contributed by atoms with E-state index >= 15 is 0 Å². The summed E-state index contributed by atoms with van der Waals surface area (Å²) in [6.07, 6.45) is 8.70. The SMILES string of the molecule is Cc1nc2ccc(C(=O)NCCCCCn3ccnc3)cc2nc1C. The molecule has 3 aromatic rings. The fourth-order valence-corrected chi connectivity index (χ4v) is 2.69. The van der Waals surface area contributed by atoms with Gasteiger partial charge < -0.3 is 9.88 Å². The van der Waals surface area contributed by atoms with Crippen LogP contribution in [0.5, 0.6) is 0 Å². The van der Waals surface area contributed by atoms with Crippen LogP contribution in [0.15, 0.2) is 36.9 Å². The zero-order chi connectivity index (χ0) is 17.6. The van der Waals surface area contributed by atoms with E-state index in [2.05, 4.69) is 24.8 Å². The maximum absolute atomic E-state index is 12.3. The van der Waals surface area contributed by atoms with Gasteiger partial charge in [-0.15, -0.1) is 0 Å². The van der Waals surface area contributed by atoms with E-state index in [4.69, 9.17) is 0 Å². The molecule has 6 nitrogen and oxygen atoms in total. The van der Waals surface area contributed by atoms with E-state index in [0.717, 1.165) is 48.2 Å². The van der Waals surface area contributed by atoms with E-state index in [0.29, 0.717) is 12.1 Å². The van der Waals surface area contributed by atoms with Gasteiger partial charge in [0.15, 0.2) is 0 Å². The molecule has 1 aromatic carbocycles. The highest BCUT2D eigenvalue weighted by molar-refractivity contribution is 5.97. The molecule has 6 heteroatoms. The molecule has 0 aliphatic heterocycles. The van der Waals surface area contributed by atoms with Gasteiger partial charge in [0.1, 0.15) is 0 Å². The zero-order valence-corrected chi connectivity index (χ0v) is 14.7. The normalized spacial score (nSPS) is 11.0. The summed E-state index contributed by atoms with van der Waals surface area (Å²) in [4.78, 5) is 25.3. The number of hydrogen-bond donors (Lipinski definition) is 1. The number of benzene rings is 1. The molecule has 0 bridgehead atoms. The number of nitrogens with zero attached hydrogens (tertiary/aromatic N) is 4. The predicted molar refractivity (Wildman–Crippen MR) is 97.4 cm³/mol. The van der Waals surface area contributed by atoms with Gasteiger partial charge in [0.05, 0.1) is 28.7 Å². The lowest BCUT2D eigenvalue weighted by atomic mass is 10.1. The van der Waals surface area contributed by atoms with E-state index in [9.17, 15) is 4.79 Å². The summed E-state index contributed by atoms with van der Waals surface area (Å²) in [5.74, 6) is -0.0588. The van der Waals surface area contributed by atoms with E-state index in [1.54, 1.807) is 12.3 Å². The lowest BCUT2D eigenvalue weighted by molar-refractivity contribution is 0.0953. The highest BCUT2D eigenvalue weighted by atomic mass is 16.1. The number of rotatable bonds is 7. The van der Waals surface area contributed by atoms with Gasteiger partial charge in [-0.3, -0.25) is 4.79 Å². The van der Waals surface area contributed by atoms with Crippen LogP contribution in [0, 0.1) is 13.8 Å². The van der Waals surface area contributed by atoms with Gasteiger partial charge >= 0.3 is 0 Å². The van der Waals surface area contributed by atoms with Gasteiger partial charge in [-0.1, -0.05) is 0 Å². The van der Waals surface area contributed by atoms with Crippen LogP contribution in [0.4, 0.5) is 0 Å². The first-order chi connectivity index (χ1) is 12.1. The van der Waals surface area contributed by atoms with Crippen LogP contribution >= 0.6 is 0 Å². The quantitative estimate of drug-likeness (QED) is 0.673. The number of amides is 1. The molecule has 0 atom stereocenters.